The van der Waals surface area contributed by atoms with Crippen molar-refractivity contribution in [2.75, 3.05) is 19.6 Å². The highest BCUT2D eigenvalue weighted by Gasteiger charge is 2.08. The average Bonchev–Trinajstić information content (AvgIpc) is 2.50. The number of rotatable bonds is 4. The molecule has 1 radical (unpaired) electrons. The quantitative estimate of drug-likeness (QED) is 0.558. The third-order valence-corrected chi connectivity index (χ3v) is 2.14. The fourth-order valence-corrected chi connectivity index (χ4v) is 1.50. The van der Waals surface area contributed by atoms with E-state index in [1.807, 2.05) is 0 Å². The van der Waals surface area contributed by atoms with Crippen LogP contribution in [0.25, 0.3) is 0 Å². The van der Waals surface area contributed by atoms with Gasteiger partial charge < -0.3 is 4.90 Å². The number of allylic oxidation sites excluding steroid dienone is 1. The summed E-state index contributed by atoms with van der Waals surface area (Å²) < 4.78 is 0. The molecular formula is C10H18N. The summed E-state index contributed by atoms with van der Waals surface area (Å²) in [7, 11) is 0. The Balaban J connectivity index is 1.97. The van der Waals surface area contributed by atoms with Gasteiger partial charge in [0.25, 0.3) is 0 Å². The highest BCUT2D eigenvalue weighted by Crippen LogP contribution is 2.07. The topological polar surface area (TPSA) is 3.24 Å². The molecule has 0 aromatic rings. The molecule has 0 bridgehead atoms. The molecule has 1 heterocycles. The molecule has 11 heavy (non-hydrogen) atoms. The van der Waals surface area contributed by atoms with Crippen LogP contribution < -0.4 is 0 Å². The van der Waals surface area contributed by atoms with Gasteiger partial charge in [-0.25, -0.2) is 0 Å². The Kier molecular flexibility index (Phi) is 4.29. The van der Waals surface area contributed by atoms with Gasteiger partial charge in [0.2, 0.25) is 0 Å². The van der Waals surface area contributed by atoms with Crippen LogP contribution in [-0.4, -0.2) is 24.5 Å². The van der Waals surface area contributed by atoms with Crippen molar-refractivity contribution < 1.29 is 0 Å². The van der Waals surface area contributed by atoms with E-state index < -0.39 is 0 Å². The lowest BCUT2D eigenvalue weighted by Crippen LogP contribution is -2.19. The predicted molar refractivity (Wildman–Crippen MR) is 49.4 cm³/mol. The highest BCUT2D eigenvalue weighted by molar-refractivity contribution is 4.83. The van der Waals surface area contributed by atoms with Crippen molar-refractivity contribution in [2.24, 2.45) is 0 Å². The van der Waals surface area contributed by atoms with E-state index in [1.165, 1.54) is 38.9 Å². The number of likely N-dealkylation sites (tertiary alicyclic amines) is 1. The molecule has 0 N–H and O–H groups in total. The van der Waals surface area contributed by atoms with Gasteiger partial charge in [0.15, 0.2) is 0 Å². The van der Waals surface area contributed by atoms with Crippen molar-refractivity contribution in [1.29, 1.82) is 0 Å². The Labute approximate surface area is 70.1 Å². The molecule has 0 spiro atoms. The zero-order valence-electron chi connectivity index (χ0n) is 7.26. The average molecular weight is 152 g/mol. The molecule has 1 saturated heterocycles. The minimum Gasteiger partial charge on any atom is -0.303 e. The minimum absolute atomic E-state index is 0.931. The number of hydrogen-bond donors (Lipinski definition) is 0. The van der Waals surface area contributed by atoms with Gasteiger partial charge in [-0.05, 0) is 45.7 Å². The van der Waals surface area contributed by atoms with Crippen LogP contribution in [0.15, 0.2) is 12.2 Å². The smallest absolute Gasteiger partial charge is 0.00159 e. The van der Waals surface area contributed by atoms with Crippen LogP contribution in [0.5, 0.6) is 0 Å². The van der Waals surface area contributed by atoms with Gasteiger partial charge in [-0.15, -0.1) is 0 Å². The molecule has 1 aliphatic heterocycles. The van der Waals surface area contributed by atoms with Crippen LogP contribution in [0.3, 0.4) is 0 Å². The second kappa shape index (κ2) is 5.36. The fraction of sp³-hybridized carbons (Fsp3) is 0.700. The van der Waals surface area contributed by atoms with Gasteiger partial charge in [-0.1, -0.05) is 12.2 Å². The number of hydrogen-bond acceptors (Lipinski definition) is 1. The predicted octanol–water partition coefficient (Wildman–Crippen LogP) is 2.25. The summed E-state index contributed by atoms with van der Waals surface area (Å²) in [4.78, 5) is 2.54. The first-order chi connectivity index (χ1) is 5.43. The van der Waals surface area contributed by atoms with E-state index in [0.29, 0.717) is 0 Å². The lowest BCUT2D eigenvalue weighted by atomic mass is 10.3. The second-order valence-electron chi connectivity index (χ2n) is 3.10. The summed E-state index contributed by atoms with van der Waals surface area (Å²) in [5, 5.41) is 0. The molecule has 1 rings (SSSR count). The molecular weight excluding hydrogens is 134 g/mol. The normalized spacial score (nSPS) is 20.1. The van der Waals surface area contributed by atoms with Gasteiger partial charge in [0.05, 0.1) is 0 Å². The Morgan fingerprint density at radius 3 is 2.55 bits per heavy atom. The Morgan fingerprint density at radius 2 is 1.91 bits per heavy atom. The maximum Gasteiger partial charge on any atom is 0.00159 e. The molecule has 0 saturated carbocycles. The van der Waals surface area contributed by atoms with Gasteiger partial charge in [0, 0.05) is 6.54 Å². The van der Waals surface area contributed by atoms with E-state index in [4.69, 9.17) is 0 Å². The van der Waals surface area contributed by atoms with Gasteiger partial charge in [0.1, 0.15) is 0 Å². The van der Waals surface area contributed by atoms with Crippen LogP contribution in [-0.2, 0) is 0 Å². The lowest BCUT2D eigenvalue weighted by molar-refractivity contribution is 0.346. The van der Waals surface area contributed by atoms with E-state index in [1.54, 1.807) is 0 Å². The van der Waals surface area contributed by atoms with E-state index >= 15 is 0 Å². The lowest BCUT2D eigenvalue weighted by Gasteiger charge is -2.11. The maximum absolute atomic E-state index is 3.75. The minimum atomic E-state index is 0.931. The van der Waals surface area contributed by atoms with E-state index in [9.17, 15) is 0 Å². The fourth-order valence-electron chi connectivity index (χ4n) is 1.50. The van der Waals surface area contributed by atoms with Crippen LogP contribution in [0, 0.1) is 6.92 Å². The van der Waals surface area contributed by atoms with E-state index in [2.05, 4.69) is 24.0 Å². The molecule has 0 aromatic heterocycles. The Bertz CT molecular complexity index is 112. The molecule has 0 aromatic carbocycles. The van der Waals surface area contributed by atoms with Crippen molar-refractivity contribution in [3.8, 4) is 0 Å². The van der Waals surface area contributed by atoms with Crippen molar-refractivity contribution in [3.63, 3.8) is 0 Å². The largest absolute Gasteiger partial charge is 0.303 e. The van der Waals surface area contributed by atoms with Crippen LogP contribution >= 0.6 is 0 Å². The van der Waals surface area contributed by atoms with Gasteiger partial charge >= 0.3 is 0 Å². The van der Waals surface area contributed by atoms with Crippen molar-refractivity contribution in [3.05, 3.63) is 19.1 Å². The highest BCUT2D eigenvalue weighted by atomic mass is 15.1. The molecule has 1 aliphatic rings. The third kappa shape index (κ3) is 3.57. The van der Waals surface area contributed by atoms with Gasteiger partial charge in [-0.3, -0.25) is 0 Å². The van der Waals surface area contributed by atoms with Gasteiger partial charge in [-0.2, -0.15) is 0 Å². The first-order valence-corrected chi connectivity index (χ1v) is 4.60. The van der Waals surface area contributed by atoms with E-state index in [0.717, 1.165) is 6.42 Å². The standard InChI is InChI=1S/C10H18N/c1-2-3-4-5-8-11-9-6-7-10-11/h3-4H,1-2,5-10H2. The SMILES string of the molecule is [CH2]CC=CCCN1CCCC1. The summed E-state index contributed by atoms with van der Waals surface area (Å²) >= 11 is 0. The van der Waals surface area contributed by atoms with Crippen molar-refractivity contribution >= 4 is 0 Å². The summed E-state index contributed by atoms with van der Waals surface area (Å²) in [6.07, 6.45) is 9.33. The summed E-state index contributed by atoms with van der Waals surface area (Å²) in [5.41, 5.74) is 0. The van der Waals surface area contributed by atoms with E-state index in [-0.39, 0.29) is 0 Å². The molecule has 1 nitrogen and oxygen atoms in total. The van der Waals surface area contributed by atoms with Crippen molar-refractivity contribution in [1.82, 2.24) is 4.90 Å². The van der Waals surface area contributed by atoms with Crippen LogP contribution in [0.1, 0.15) is 25.7 Å². The monoisotopic (exact) mass is 152 g/mol. The van der Waals surface area contributed by atoms with Crippen LogP contribution in [0.4, 0.5) is 0 Å². The summed E-state index contributed by atoms with van der Waals surface area (Å²) in [6, 6.07) is 0. The Morgan fingerprint density at radius 1 is 1.18 bits per heavy atom. The first-order valence-electron chi connectivity index (χ1n) is 4.60. The molecule has 1 heteroatoms. The number of nitrogens with zero attached hydrogens (tertiary/aromatic N) is 1. The maximum atomic E-state index is 3.75. The summed E-state index contributed by atoms with van der Waals surface area (Å²) in [6.45, 7) is 7.64. The molecule has 63 valence electrons. The Hall–Kier alpha value is -0.300. The molecule has 0 unspecified atom stereocenters. The van der Waals surface area contributed by atoms with Crippen molar-refractivity contribution in [2.45, 2.75) is 25.7 Å². The van der Waals surface area contributed by atoms with Crippen LogP contribution in [0.2, 0.25) is 0 Å². The zero-order valence-corrected chi connectivity index (χ0v) is 7.26. The third-order valence-electron chi connectivity index (χ3n) is 2.14. The molecule has 0 amide bonds. The molecule has 0 atom stereocenters. The molecule has 1 fully saturated rings. The first kappa shape index (κ1) is 8.79. The summed E-state index contributed by atoms with van der Waals surface area (Å²) in [5.74, 6) is 0. The zero-order chi connectivity index (χ0) is 7.94. The second-order valence-corrected chi connectivity index (χ2v) is 3.10. The molecule has 0 aliphatic carbocycles.